The van der Waals surface area contributed by atoms with Crippen LogP contribution >= 0.6 is 0 Å². The van der Waals surface area contributed by atoms with Crippen LogP contribution in [0.15, 0.2) is 24.1 Å². The maximum atomic E-state index is 11.7. The molecular formula is C4H2B2F4. The monoisotopic (exact) mass is 148 g/mol. The van der Waals surface area contributed by atoms with E-state index in [1.165, 1.54) is 0 Å². The number of halogens is 4. The van der Waals surface area contributed by atoms with E-state index >= 15 is 0 Å². The van der Waals surface area contributed by atoms with Crippen LogP contribution in [0.2, 0.25) is 0 Å². The highest BCUT2D eigenvalue weighted by molar-refractivity contribution is 7.06. The molecule has 0 aliphatic carbocycles. The Bertz CT molecular complexity index is 135. The van der Waals surface area contributed by atoms with Gasteiger partial charge in [-0.25, -0.2) is 17.6 Å². The summed E-state index contributed by atoms with van der Waals surface area (Å²) in [5.41, 5.74) is -2.53. The molecule has 0 heterocycles. The van der Waals surface area contributed by atoms with Crippen molar-refractivity contribution in [2.24, 2.45) is 0 Å². The van der Waals surface area contributed by atoms with E-state index < -0.39 is 11.5 Å². The smallest absolute Gasteiger partial charge is 0.160 e. The molecule has 0 atom stereocenters. The Morgan fingerprint density at radius 1 is 0.900 bits per heavy atom. The molecule has 0 aromatic carbocycles. The molecule has 0 amide bonds. The van der Waals surface area contributed by atoms with Crippen LogP contribution in [0.3, 0.4) is 0 Å². The van der Waals surface area contributed by atoms with Crippen LogP contribution in [0.5, 0.6) is 0 Å². The molecule has 0 spiro atoms. The molecule has 0 aliphatic rings. The van der Waals surface area contributed by atoms with Gasteiger partial charge in [-0.1, -0.05) is 0 Å². The molecular weight excluding hydrogens is 146 g/mol. The Morgan fingerprint density at radius 3 is 1.40 bits per heavy atom. The molecule has 0 saturated carbocycles. The van der Waals surface area contributed by atoms with Crippen molar-refractivity contribution in [3.8, 4) is 0 Å². The minimum atomic E-state index is -1.27. The van der Waals surface area contributed by atoms with Crippen LogP contribution in [0, 0.1) is 0 Å². The maximum absolute atomic E-state index is 11.7. The third kappa shape index (κ3) is 4.23. The Hall–Kier alpha value is -0.670. The van der Waals surface area contributed by atoms with Crippen LogP contribution in [-0.2, 0) is 0 Å². The fourth-order valence-electron chi connectivity index (χ4n) is 0.232. The Morgan fingerprint density at radius 2 is 1.20 bits per heavy atom. The van der Waals surface area contributed by atoms with Gasteiger partial charge < -0.3 is 0 Å². The lowest BCUT2D eigenvalue weighted by Gasteiger charge is -1.87. The quantitative estimate of drug-likeness (QED) is 0.422. The summed E-state index contributed by atoms with van der Waals surface area (Å²) in [5, 5.41) is 0. The van der Waals surface area contributed by atoms with E-state index in [1.807, 2.05) is 0 Å². The van der Waals surface area contributed by atoms with Crippen LogP contribution in [0.4, 0.5) is 17.6 Å². The minimum Gasteiger partial charge on any atom is -0.222 e. The number of hydrogen-bond acceptors (Lipinski definition) is 0. The molecule has 0 rings (SSSR count). The number of rotatable bonds is 3. The van der Waals surface area contributed by atoms with Crippen LogP contribution in [0.1, 0.15) is 0 Å². The van der Waals surface area contributed by atoms with Gasteiger partial charge >= 0.3 is 0 Å². The summed E-state index contributed by atoms with van der Waals surface area (Å²) >= 11 is 0. The van der Waals surface area contributed by atoms with Gasteiger partial charge in [0, 0.05) is 0 Å². The predicted octanol–water partition coefficient (Wildman–Crippen LogP) is 1.79. The van der Waals surface area contributed by atoms with Crippen molar-refractivity contribution in [1.82, 2.24) is 0 Å². The van der Waals surface area contributed by atoms with Gasteiger partial charge in [-0.2, -0.15) is 0 Å². The molecule has 0 N–H and O–H groups in total. The largest absolute Gasteiger partial charge is 0.222 e. The highest BCUT2D eigenvalue weighted by Crippen LogP contribution is 1.98. The molecule has 0 saturated heterocycles. The van der Waals surface area contributed by atoms with Gasteiger partial charge in [0.25, 0.3) is 0 Å². The fraction of sp³-hybridized carbons (Fsp3) is 0. The van der Waals surface area contributed by atoms with E-state index in [4.69, 9.17) is 0 Å². The van der Waals surface area contributed by atoms with Crippen LogP contribution in [0.25, 0.3) is 0 Å². The highest BCUT2D eigenvalue weighted by atomic mass is 19.2. The molecule has 0 aromatic heterocycles. The first kappa shape index (κ1) is 9.33. The molecule has 2 radical (unpaired) electrons. The molecule has 52 valence electrons. The Kier molecular flexibility index (Phi) is 4.80. The van der Waals surface area contributed by atoms with Gasteiger partial charge in [0.05, 0.1) is 11.5 Å². The molecule has 10 heavy (non-hydrogen) atoms. The SMILES string of the molecule is FC=C(F)[B][B]C(F)=CF. The van der Waals surface area contributed by atoms with Gasteiger partial charge in [0.1, 0.15) is 12.7 Å². The first-order valence-electron chi connectivity index (χ1n) is 2.30. The lowest BCUT2D eigenvalue weighted by molar-refractivity contribution is 0.621. The topological polar surface area (TPSA) is 0 Å². The zero-order chi connectivity index (χ0) is 7.98. The van der Waals surface area contributed by atoms with E-state index in [0.717, 1.165) is 0 Å². The van der Waals surface area contributed by atoms with Crippen molar-refractivity contribution >= 4 is 14.3 Å². The van der Waals surface area contributed by atoms with Crippen molar-refractivity contribution in [2.45, 2.75) is 0 Å². The zero-order valence-electron chi connectivity index (χ0n) is 4.82. The van der Waals surface area contributed by atoms with Crippen molar-refractivity contribution in [3.05, 3.63) is 24.1 Å². The molecule has 0 aromatic rings. The van der Waals surface area contributed by atoms with E-state index in [-0.39, 0.29) is 12.7 Å². The van der Waals surface area contributed by atoms with Gasteiger partial charge in [-0.3, -0.25) is 0 Å². The van der Waals surface area contributed by atoms with Gasteiger partial charge in [-0.15, -0.1) is 0 Å². The van der Waals surface area contributed by atoms with Crippen molar-refractivity contribution < 1.29 is 17.6 Å². The second-order valence-corrected chi connectivity index (χ2v) is 1.32. The van der Waals surface area contributed by atoms with E-state index in [0.29, 0.717) is 14.3 Å². The third-order valence-corrected chi connectivity index (χ3v) is 0.610. The van der Waals surface area contributed by atoms with E-state index in [2.05, 4.69) is 0 Å². The predicted molar refractivity (Wildman–Crippen MR) is 32.1 cm³/mol. The Balaban J connectivity index is 3.56. The summed E-state index contributed by atoms with van der Waals surface area (Å²) in [6.45, 7) is 0. The van der Waals surface area contributed by atoms with Crippen LogP contribution < -0.4 is 0 Å². The average Bonchev–Trinajstić information content (AvgIpc) is 1.99. The second-order valence-electron chi connectivity index (χ2n) is 1.32. The summed E-state index contributed by atoms with van der Waals surface area (Å²) in [6, 6.07) is 0. The highest BCUT2D eigenvalue weighted by Gasteiger charge is 2.03. The van der Waals surface area contributed by atoms with Gasteiger partial charge in [0.2, 0.25) is 0 Å². The summed E-state index contributed by atoms with van der Waals surface area (Å²) < 4.78 is 45.7. The summed E-state index contributed by atoms with van der Waals surface area (Å²) in [4.78, 5) is 0. The van der Waals surface area contributed by atoms with Crippen molar-refractivity contribution in [1.29, 1.82) is 0 Å². The zero-order valence-corrected chi connectivity index (χ0v) is 4.82. The summed E-state index contributed by atoms with van der Waals surface area (Å²) in [6.07, 6.45) is -0.718. The molecule has 0 nitrogen and oxygen atoms in total. The lowest BCUT2D eigenvalue weighted by atomic mass is 9.38. The van der Waals surface area contributed by atoms with Crippen molar-refractivity contribution in [3.63, 3.8) is 0 Å². The first-order valence-corrected chi connectivity index (χ1v) is 2.30. The van der Waals surface area contributed by atoms with Crippen molar-refractivity contribution in [2.75, 3.05) is 0 Å². The number of hydrogen-bond donors (Lipinski definition) is 0. The molecule has 0 fully saturated rings. The second kappa shape index (κ2) is 5.14. The lowest BCUT2D eigenvalue weighted by Crippen LogP contribution is -2.04. The molecule has 0 aliphatic heterocycles. The first-order chi connectivity index (χ1) is 4.70. The van der Waals surface area contributed by atoms with Crippen LogP contribution in [-0.4, -0.2) is 14.3 Å². The summed E-state index contributed by atoms with van der Waals surface area (Å²) in [5.74, 6) is 0. The standard InChI is InChI=1S/C4H2B2F4/c7-1-3(9)5-6-4(10)2-8/h1-2H. The maximum Gasteiger partial charge on any atom is 0.160 e. The summed E-state index contributed by atoms with van der Waals surface area (Å²) in [7, 11) is 0.927. The molecule has 0 bridgehead atoms. The normalized spacial score (nSPS) is 13.2. The van der Waals surface area contributed by atoms with Gasteiger partial charge in [-0.05, 0) is 0 Å². The Labute approximate surface area is 57.1 Å². The van der Waals surface area contributed by atoms with E-state index in [1.54, 1.807) is 0 Å². The molecule has 6 heteroatoms. The average molecular weight is 148 g/mol. The minimum absolute atomic E-state index is 0.359. The fourth-order valence-corrected chi connectivity index (χ4v) is 0.232. The molecule has 0 unspecified atom stereocenters. The van der Waals surface area contributed by atoms with Gasteiger partial charge in [0.15, 0.2) is 14.3 Å². The van der Waals surface area contributed by atoms with E-state index in [9.17, 15) is 17.6 Å². The third-order valence-electron chi connectivity index (χ3n) is 0.610.